The summed E-state index contributed by atoms with van der Waals surface area (Å²) in [6, 6.07) is 7.62. The predicted octanol–water partition coefficient (Wildman–Crippen LogP) is 3.00. The molecule has 2 aliphatic rings. The highest BCUT2D eigenvalue weighted by molar-refractivity contribution is 5.84. The second kappa shape index (κ2) is 9.86. The maximum Gasteiger partial charge on any atom is 0.231 e. The molecule has 0 radical (unpaired) electrons. The summed E-state index contributed by atoms with van der Waals surface area (Å²) in [6.07, 6.45) is 1.69. The average Bonchev–Trinajstić information content (AvgIpc) is 3.13. The molecule has 1 aliphatic carbocycles. The molecule has 1 amide bonds. The third-order valence-corrected chi connectivity index (χ3v) is 6.62. The van der Waals surface area contributed by atoms with Crippen LogP contribution in [0.5, 0.6) is 0 Å². The molecular weight excluding hydrogens is 416 g/mol. The molecule has 33 heavy (non-hydrogen) atoms. The minimum atomic E-state index is -0.525. The molecule has 4 rings (SSSR count). The topological polar surface area (TPSA) is 86.0 Å². The number of piperazine rings is 1. The number of hydrogen-bond donors (Lipinski definition) is 2. The van der Waals surface area contributed by atoms with Crippen molar-refractivity contribution in [3.05, 3.63) is 58.8 Å². The van der Waals surface area contributed by atoms with Crippen LogP contribution in [0.25, 0.3) is 4.85 Å². The Bertz CT molecular complexity index is 1020. The van der Waals surface area contributed by atoms with Gasteiger partial charge in [-0.2, -0.15) is 0 Å². The van der Waals surface area contributed by atoms with Gasteiger partial charge in [0.15, 0.2) is 5.69 Å². The molecule has 1 aromatic carbocycles. The standard InChI is InChI=1S/C25H32N6O2/c1-16(2)27-14-20(18-5-7-19(26-4)8-6-18)25(33)31-11-9-30(10-12-31)24-22-17(3)13-21(32)23(22)28-15-29-24/h5-8,15-17,20-21,27,32H,9-14H2,1-3H3/t17-,20?,21-/m1/s1. The van der Waals surface area contributed by atoms with E-state index in [2.05, 4.69) is 45.8 Å². The number of aromatic nitrogens is 2. The number of benzene rings is 1. The number of anilines is 1. The summed E-state index contributed by atoms with van der Waals surface area (Å²) in [6.45, 7) is 16.6. The van der Waals surface area contributed by atoms with Crippen LogP contribution in [0.3, 0.4) is 0 Å². The number of carbonyl (C=O) groups excluding carboxylic acids is 1. The second-order valence-electron chi connectivity index (χ2n) is 9.28. The Balaban J connectivity index is 1.47. The molecule has 0 spiro atoms. The molecule has 0 bridgehead atoms. The first kappa shape index (κ1) is 23.1. The van der Waals surface area contributed by atoms with Gasteiger partial charge in [-0.05, 0) is 17.9 Å². The number of fused-ring (bicyclic) bond motifs is 1. The average molecular weight is 449 g/mol. The zero-order valence-electron chi connectivity index (χ0n) is 19.5. The molecule has 3 atom stereocenters. The Labute approximate surface area is 195 Å². The van der Waals surface area contributed by atoms with E-state index in [1.807, 2.05) is 17.0 Å². The Morgan fingerprint density at radius 2 is 1.91 bits per heavy atom. The molecule has 174 valence electrons. The van der Waals surface area contributed by atoms with E-state index in [1.54, 1.807) is 12.1 Å². The molecule has 8 nitrogen and oxygen atoms in total. The number of aliphatic hydroxyl groups is 1. The third kappa shape index (κ3) is 4.85. The third-order valence-electron chi connectivity index (χ3n) is 6.62. The number of hydrogen-bond acceptors (Lipinski definition) is 6. The maximum atomic E-state index is 13.5. The van der Waals surface area contributed by atoms with E-state index in [1.165, 1.54) is 6.33 Å². The van der Waals surface area contributed by atoms with Gasteiger partial charge in [0.25, 0.3) is 0 Å². The van der Waals surface area contributed by atoms with E-state index >= 15 is 0 Å². The zero-order chi connectivity index (χ0) is 23.5. The number of amides is 1. The fraction of sp³-hybridized carbons (Fsp3) is 0.520. The molecule has 0 saturated carbocycles. The first-order chi connectivity index (χ1) is 15.9. The molecule has 1 saturated heterocycles. The van der Waals surface area contributed by atoms with Crippen LogP contribution in [0.2, 0.25) is 0 Å². The molecule has 2 heterocycles. The van der Waals surface area contributed by atoms with Crippen molar-refractivity contribution >= 4 is 17.4 Å². The molecule has 1 aromatic heterocycles. The fourth-order valence-corrected chi connectivity index (χ4v) is 4.80. The van der Waals surface area contributed by atoms with E-state index < -0.39 is 6.10 Å². The fourth-order valence-electron chi connectivity index (χ4n) is 4.80. The van der Waals surface area contributed by atoms with E-state index in [0.717, 1.165) is 22.6 Å². The number of aliphatic hydroxyl groups excluding tert-OH is 1. The van der Waals surface area contributed by atoms with Gasteiger partial charge in [-0.3, -0.25) is 4.79 Å². The molecule has 1 fully saturated rings. The lowest BCUT2D eigenvalue weighted by molar-refractivity contribution is -0.133. The predicted molar refractivity (Wildman–Crippen MR) is 127 cm³/mol. The first-order valence-corrected chi connectivity index (χ1v) is 11.7. The highest BCUT2D eigenvalue weighted by Crippen LogP contribution is 2.42. The van der Waals surface area contributed by atoms with Crippen LogP contribution in [0.1, 0.15) is 62.0 Å². The van der Waals surface area contributed by atoms with Crippen LogP contribution in [-0.2, 0) is 4.79 Å². The summed E-state index contributed by atoms with van der Waals surface area (Å²) in [5.74, 6) is 0.923. The molecule has 2 aromatic rings. The Morgan fingerprint density at radius 1 is 1.21 bits per heavy atom. The van der Waals surface area contributed by atoms with Gasteiger partial charge in [-0.25, -0.2) is 14.8 Å². The minimum Gasteiger partial charge on any atom is -0.387 e. The number of nitrogens with one attached hydrogen (secondary N) is 1. The smallest absolute Gasteiger partial charge is 0.231 e. The van der Waals surface area contributed by atoms with Crippen molar-refractivity contribution in [2.75, 3.05) is 37.6 Å². The molecule has 8 heteroatoms. The quantitative estimate of drug-likeness (QED) is 0.661. The van der Waals surface area contributed by atoms with Crippen molar-refractivity contribution in [1.82, 2.24) is 20.2 Å². The van der Waals surface area contributed by atoms with E-state index in [0.29, 0.717) is 44.8 Å². The maximum absolute atomic E-state index is 13.5. The molecule has 1 aliphatic heterocycles. The van der Waals surface area contributed by atoms with E-state index in [-0.39, 0.29) is 23.8 Å². The summed E-state index contributed by atoms with van der Waals surface area (Å²) >= 11 is 0. The van der Waals surface area contributed by atoms with Crippen LogP contribution in [0, 0.1) is 6.57 Å². The van der Waals surface area contributed by atoms with Gasteiger partial charge in [0.05, 0.1) is 24.3 Å². The van der Waals surface area contributed by atoms with Gasteiger partial charge in [0.1, 0.15) is 12.1 Å². The highest BCUT2D eigenvalue weighted by Gasteiger charge is 2.35. The molecule has 2 N–H and O–H groups in total. The van der Waals surface area contributed by atoms with Gasteiger partial charge >= 0.3 is 0 Å². The van der Waals surface area contributed by atoms with E-state index in [9.17, 15) is 9.90 Å². The summed E-state index contributed by atoms with van der Waals surface area (Å²) in [4.78, 5) is 30.0. The largest absolute Gasteiger partial charge is 0.387 e. The summed E-state index contributed by atoms with van der Waals surface area (Å²) in [5.41, 5.74) is 3.30. The first-order valence-electron chi connectivity index (χ1n) is 11.7. The zero-order valence-corrected chi connectivity index (χ0v) is 19.5. The monoisotopic (exact) mass is 448 g/mol. The van der Waals surface area contributed by atoms with Crippen molar-refractivity contribution in [3.63, 3.8) is 0 Å². The minimum absolute atomic E-state index is 0.107. The summed E-state index contributed by atoms with van der Waals surface area (Å²) < 4.78 is 0. The van der Waals surface area contributed by atoms with Crippen LogP contribution in [0.15, 0.2) is 30.6 Å². The number of carbonyl (C=O) groups is 1. The van der Waals surface area contributed by atoms with Gasteiger partial charge in [-0.1, -0.05) is 45.0 Å². The van der Waals surface area contributed by atoms with Crippen molar-refractivity contribution in [2.24, 2.45) is 0 Å². The van der Waals surface area contributed by atoms with Gasteiger partial charge in [0, 0.05) is 44.3 Å². The lowest BCUT2D eigenvalue weighted by atomic mass is 9.96. The van der Waals surface area contributed by atoms with E-state index in [4.69, 9.17) is 6.57 Å². The van der Waals surface area contributed by atoms with Crippen molar-refractivity contribution in [3.8, 4) is 0 Å². The lowest BCUT2D eigenvalue weighted by Crippen LogP contribution is -2.51. The summed E-state index contributed by atoms with van der Waals surface area (Å²) in [7, 11) is 0. The van der Waals surface area contributed by atoms with Gasteiger partial charge in [-0.15, -0.1) is 0 Å². The number of rotatable bonds is 6. The van der Waals surface area contributed by atoms with Crippen molar-refractivity contribution in [1.29, 1.82) is 0 Å². The second-order valence-corrected chi connectivity index (χ2v) is 9.28. The van der Waals surface area contributed by atoms with Crippen LogP contribution >= 0.6 is 0 Å². The Kier molecular flexibility index (Phi) is 6.91. The van der Waals surface area contributed by atoms with Crippen LogP contribution in [-0.4, -0.2) is 64.6 Å². The normalized spacial score (nSPS) is 21.1. The Morgan fingerprint density at radius 3 is 2.55 bits per heavy atom. The van der Waals surface area contributed by atoms with Gasteiger partial charge in [0.2, 0.25) is 5.91 Å². The summed E-state index contributed by atoms with van der Waals surface area (Å²) in [5, 5.41) is 13.7. The molecular formula is C25H32N6O2. The Hall–Kier alpha value is -3.02. The van der Waals surface area contributed by atoms with Crippen LogP contribution < -0.4 is 10.2 Å². The highest BCUT2D eigenvalue weighted by atomic mass is 16.3. The number of nitrogens with zero attached hydrogens (tertiary/aromatic N) is 5. The van der Waals surface area contributed by atoms with Gasteiger partial charge < -0.3 is 20.2 Å². The van der Waals surface area contributed by atoms with Crippen LogP contribution in [0.4, 0.5) is 11.5 Å². The molecule has 1 unspecified atom stereocenters. The van der Waals surface area contributed by atoms with Crippen molar-refractivity contribution < 1.29 is 9.90 Å². The SMILES string of the molecule is [C-]#[N+]c1ccc(C(CNC(C)C)C(=O)N2CCN(c3ncnc4c3[C@H](C)C[C@H]4O)CC2)cc1. The lowest BCUT2D eigenvalue weighted by Gasteiger charge is -2.38. The van der Waals surface area contributed by atoms with Crippen molar-refractivity contribution in [2.45, 2.75) is 51.2 Å².